The minimum absolute atomic E-state index is 0.0456. The van der Waals surface area contributed by atoms with E-state index in [1.54, 1.807) is 12.1 Å². The molecule has 2 aliphatic rings. The van der Waals surface area contributed by atoms with Gasteiger partial charge in [-0.2, -0.15) is 4.31 Å². The summed E-state index contributed by atoms with van der Waals surface area (Å²) in [7, 11) is -6.93. The molecule has 140 valence electrons. The van der Waals surface area contributed by atoms with Crippen molar-refractivity contribution in [3.63, 3.8) is 0 Å². The SMILES string of the molecule is CCc1ccc(S(=O)(=O)N(C[C@H]2CCCO2)[C@@H]2CCS(=O)(=O)C2)cc1. The molecular formula is C17H25NO5S2. The van der Waals surface area contributed by atoms with Crippen molar-refractivity contribution >= 4 is 19.9 Å². The van der Waals surface area contributed by atoms with Crippen LogP contribution in [-0.4, -0.2) is 57.9 Å². The van der Waals surface area contributed by atoms with Crippen LogP contribution in [0.1, 0.15) is 31.7 Å². The number of hydrogen-bond acceptors (Lipinski definition) is 5. The van der Waals surface area contributed by atoms with Crippen LogP contribution in [-0.2, 0) is 31.0 Å². The molecule has 25 heavy (non-hydrogen) atoms. The third kappa shape index (κ3) is 4.24. The number of rotatable bonds is 6. The van der Waals surface area contributed by atoms with Gasteiger partial charge in [0, 0.05) is 19.2 Å². The van der Waals surface area contributed by atoms with Crippen molar-refractivity contribution in [2.75, 3.05) is 24.7 Å². The monoisotopic (exact) mass is 387 g/mol. The van der Waals surface area contributed by atoms with Gasteiger partial charge in [-0.3, -0.25) is 0 Å². The van der Waals surface area contributed by atoms with Crippen molar-refractivity contribution in [2.24, 2.45) is 0 Å². The van der Waals surface area contributed by atoms with Crippen molar-refractivity contribution in [3.8, 4) is 0 Å². The van der Waals surface area contributed by atoms with E-state index in [2.05, 4.69) is 0 Å². The molecule has 0 aromatic heterocycles. The van der Waals surface area contributed by atoms with Crippen LogP contribution < -0.4 is 0 Å². The first kappa shape index (κ1) is 18.8. The molecule has 3 rings (SSSR count). The highest BCUT2D eigenvalue weighted by Gasteiger charge is 2.40. The van der Waals surface area contributed by atoms with Crippen LogP contribution in [0.4, 0.5) is 0 Å². The van der Waals surface area contributed by atoms with E-state index >= 15 is 0 Å². The number of nitrogens with zero attached hydrogens (tertiary/aromatic N) is 1. The largest absolute Gasteiger partial charge is 0.377 e. The van der Waals surface area contributed by atoms with Gasteiger partial charge in [0.2, 0.25) is 10.0 Å². The maximum atomic E-state index is 13.2. The summed E-state index contributed by atoms with van der Waals surface area (Å²) in [6.07, 6.45) is 2.74. The summed E-state index contributed by atoms with van der Waals surface area (Å²) in [6.45, 7) is 2.86. The van der Waals surface area contributed by atoms with Gasteiger partial charge >= 0.3 is 0 Å². The average Bonchev–Trinajstić information content (AvgIpc) is 3.21. The standard InChI is InChI=1S/C17H25NO5S2/c1-2-14-5-7-17(8-6-14)25(21,22)18(12-16-4-3-10-23-16)15-9-11-24(19,20)13-15/h5-8,15-16H,2-4,9-13H2,1H3/t15-,16-/m1/s1. The molecule has 2 heterocycles. The third-order valence-corrected chi connectivity index (χ3v) is 8.64. The number of hydrogen-bond donors (Lipinski definition) is 0. The summed E-state index contributed by atoms with van der Waals surface area (Å²) < 4.78 is 57.1. The summed E-state index contributed by atoms with van der Waals surface area (Å²) in [5.74, 6) is -0.0595. The number of sulfone groups is 1. The Morgan fingerprint density at radius 2 is 1.92 bits per heavy atom. The third-order valence-electron chi connectivity index (χ3n) is 4.96. The predicted molar refractivity (Wildman–Crippen MR) is 95.7 cm³/mol. The second-order valence-electron chi connectivity index (χ2n) is 6.76. The first-order chi connectivity index (χ1) is 11.8. The summed E-state index contributed by atoms with van der Waals surface area (Å²) in [5, 5.41) is 0. The van der Waals surface area contributed by atoms with Gasteiger partial charge in [-0.1, -0.05) is 19.1 Å². The lowest BCUT2D eigenvalue weighted by molar-refractivity contribution is 0.0877. The average molecular weight is 388 g/mol. The first-order valence-electron chi connectivity index (χ1n) is 8.74. The van der Waals surface area contributed by atoms with Gasteiger partial charge in [-0.25, -0.2) is 16.8 Å². The van der Waals surface area contributed by atoms with Crippen molar-refractivity contribution in [2.45, 2.75) is 49.6 Å². The summed E-state index contributed by atoms with van der Waals surface area (Å²) >= 11 is 0. The lowest BCUT2D eigenvalue weighted by Gasteiger charge is -2.29. The molecule has 0 saturated carbocycles. The Bertz CT molecular complexity index is 796. The fourth-order valence-corrected chi connectivity index (χ4v) is 6.98. The van der Waals surface area contributed by atoms with Gasteiger partial charge in [0.15, 0.2) is 9.84 Å². The quantitative estimate of drug-likeness (QED) is 0.741. The zero-order valence-corrected chi connectivity index (χ0v) is 16.1. The molecule has 8 heteroatoms. The van der Waals surface area contributed by atoms with Crippen LogP contribution in [0.5, 0.6) is 0 Å². The molecule has 0 unspecified atom stereocenters. The fourth-order valence-electron chi connectivity index (χ4n) is 3.47. The van der Waals surface area contributed by atoms with E-state index < -0.39 is 25.9 Å². The smallest absolute Gasteiger partial charge is 0.243 e. The normalized spacial score (nSPS) is 26.3. The maximum Gasteiger partial charge on any atom is 0.243 e. The zero-order valence-electron chi connectivity index (χ0n) is 14.4. The second-order valence-corrected chi connectivity index (χ2v) is 10.9. The van der Waals surface area contributed by atoms with Gasteiger partial charge in [-0.05, 0) is 43.4 Å². The lowest BCUT2D eigenvalue weighted by Crippen LogP contribution is -2.45. The molecule has 6 nitrogen and oxygen atoms in total. The molecule has 0 aliphatic carbocycles. The molecule has 0 radical (unpaired) electrons. The summed E-state index contributed by atoms with van der Waals surface area (Å²) in [5.41, 5.74) is 1.06. The minimum atomic E-state index is -3.76. The number of benzene rings is 1. The van der Waals surface area contributed by atoms with E-state index in [1.165, 1.54) is 4.31 Å². The van der Waals surface area contributed by atoms with Crippen LogP contribution in [0.2, 0.25) is 0 Å². The van der Waals surface area contributed by atoms with Gasteiger partial charge in [0.1, 0.15) is 0 Å². The van der Waals surface area contributed by atoms with Crippen molar-refractivity contribution < 1.29 is 21.6 Å². The number of ether oxygens (including phenoxy) is 1. The van der Waals surface area contributed by atoms with Gasteiger partial charge in [0.25, 0.3) is 0 Å². The Balaban J connectivity index is 1.90. The highest BCUT2D eigenvalue weighted by atomic mass is 32.2. The van der Waals surface area contributed by atoms with Gasteiger partial charge in [0.05, 0.1) is 22.5 Å². The van der Waals surface area contributed by atoms with E-state index in [9.17, 15) is 16.8 Å². The van der Waals surface area contributed by atoms with Crippen molar-refractivity contribution in [1.82, 2.24) is 4.31 Å². The number of sulfonamides is 1. The molecule has 0 spiro atoms. The Kier molecular flexibility index (Phi) is 5.53. The Morgan fingerprint density at radius 3 is 2.44 bits per heavy atom. The Labute approximate surface area is 150 Å². The number of aryl methyl sites for hydroxylation is 1. The van der Waals surface area contributed by atoms with Crippen molar-refractivity contribution in [1.29, 1.82) is 0 Å². The minimum Gasteiger partial charge on any atom is -0.377 e. The van der Waals surface area contributed by atoms with E-state index in [-0.39, 0.29) is 29.0 Å². The molecule has 0 bridgehead atoms. The molecule has 0 N–H and O–H groups in total. The van der Waals surface area contributed by atoms with Crippen molar-refractivity contribution in [3.05, 3.63) is 29.8 Å². The predicted octanol–water partition coefficient (Wildman–Crippen LogP) is 1.61. The van der Waals surface area contributed by atoms with Gasteiger partial charge in [-0.15, -0.1) is 0 Å². The van der Waals surface area contributed by atoms with Crippen LogP contribution in [0.3, 0.4) is 0 Å². The highest BCUT2D eigenvalue weighted by Crippen LogP contribution is 2.27. The maximum absolute atomic E-state index is 13.2. The lowest BCUT2D eigenvalue weighted by atomic mass is 10.2. The summed E-state index contributed by atoms with van der Waals surface area (Å²) in [6, 6.07) is 6.33. The Morgan fingerprint density at radius 1 is 1.20 bits per heavy atom. The molecule has 1 aromatic carbocycles. The van der Waals surface area contributed by atoms with E-state index in [4.69, 9.17) is 4.74 Å². The van der Waals surface area contributed by atoms with E-state index in [1.807, 2.05) is 19.1 Å². The second kappa shape index (κ2) is 7.34. The van der Waals surface area contributed by atoms with E-state index in [0.717, 1.165) is 24.8 Å². The van der Waals surface area contributed by atoms with Crippen LogP contribution in [0, 0.1) is 0 Å². The molecule has 2 fully saturated rings. The fraction of sp³-hybridized carbons (Fsp3) is 0.647. The first-order valence-corrected chi connectivity index (χ1v) is 12.0. The summed E-state index contributed by atoms with van der Waals surface area (Å²) in [4.78, 5) is 0.215. The molecule has 2 saturated heterocycles. The molecular weight excluding hydrogens is 362 g/mol. The van der Waals surface area contributed by atoms with Crippen LogP contribution in [0.25, 0.3) is 0 Å². The van der Waals surface area contributed by atoms with Gasteiger partial charge < -0.3 is 4.74 Å². The Hall–Kier alpha value is -0.960. The topological polar surface area (TPSA) is 80.8 Å². The highest BCUT2D eigenvalue weighted by molar-refractivity contribution is 7.92. The zero-order chi connectivity index (χ0) is 18.1. The van der Waals surface area contributed by atoms with E-state index in [0.29, 0.717) is 13.0 Å². The van der Waals surface area contributed by atoms with Crippen LogP contribution >= 0.6 is 0 Å². The molecule has 0 amide bonds. The van der Waals surface area contributed by atoms with Crippen LogP contribution in [0.15, 0.2) is 29.2 Å². The molecule has 1 aromatic rings. The molecule has 2 atom stereocenters. The molecule has 2 aliphatic heterocycles.